The van der Waals surface area contributed by atoms with Crippen molar-refractivity contribution in [3.05, 3.63) is 51.5 Å². The van der Waals surface area contributed by atoms with Crippen molar-refractivity contribution in [1.29, 1.82) is 0 Å². The summed E-state index contributed by atoms with van der Waals surface area (Å²) in [7, 11) is 0. The van der Waals surface area contributed by atoms with Gasteiger partial charge in [0, 0.05) is 30.5 Å². The number of hydrogen-bond donors (Lipinski definition) is 0. The third-order valence-corrected chi connectivity index (χ3v) is 8.52. The average Bonchev–Trinajstić information content (AvgIpc) is 3.50. The number of aryl methyl sites for hydroxylation is 1. The van der Waals surface area contributed by atoms with E-state index in [0.29, 0.717) is 20.6 Å². The molecule has 1 aliphatic heterocycles. The fraction of sp³-hybridized carbons (Fsp3) is 0.400. The Morgan fingerprint density at radius 3 is 2.36 bits per heavy atom. The van der Waals surface area contributed by atoms with Gasteiger partial charge in [0.15, 0.2) is 12.2 Å². The van der Waals surface area contributed by atoms with Crippen LogP contribution in [0.1, 0.15) is 31.7 Å². The lowest BCUT2D eigenvalue weighted by molar-refractivity contribution is -0.212. The quantitative estimate of drug-likeness (QED) is 0.250. The molecule has 5 atom stereocenters. The first-order chi connectivity index (χ1) is 18.5. The fourth-order valence-corrected chi connectivity index (χ4v) is 6.40. The van der Waals surface area contributed by atoms with E-state index in [9.17, 15) is 14.4 Å². The Bertz CT molecular complexity index is 1360. The molecule has 0 spiro atoms. The highest BCUT2D eigenvalue weighted by molar-refractivity contribution is 7.99. The van der Waals surface area contributed by atoms with Gasteiger partial charge in [-0.05, 0) is 37.3 Å². The number of carbonyl (C=O) groups is 3. The summed E-state index contributed by atoms with van der Waals surface area (Å²) in [6, 6.07) is 8.05. The van der Waals surface area contributed by atoms with E-state index in [0.717, 1.165) is 9.75 Å². The third kappa shape index (κ3) is 7.31. The number of ether oxygens (including phenoxy) is 4. The molecule has 3 unspecified atom stereocenters. The van der Waals surface area contributed by atoms with Gasteiger partial charge in [-0.2, -0.15) is 0 Å². The zero-order valence-electron chi connectivity index (χ0n) is 21.3. The van der Waals surface area contributed by atoms with Gasteiger partial charge in [0.25, 0.3) is 0 Å². The monoisotopic (exact) mass is 613 g/mol. The zero-order chi connectivity index (χ0) is 28.3. The fourth-order valence-electron chi connectivity index (χ4n) is 4.07. The van der Waals surface area contributed by atoms with Crippen molar-refractivity contribution >= 4 is 64.2 Å². The smallest absolute Gasteiger partial charge is 0.303 e. The maximum Gasteiger partial charge on any atom is 0.303 e. The SMILES string of the molecule is CC(=O)OCC1O[C@H](Sc2ccc(Cl)c(Cl)c2)C(OC(C)=O)C(n2cc(-c3ccc(C)s3)nn2)[C@H]1OC(C)=O. The van der Waals surface area contributed by atoms with E-state index in [2.05, 4.69) is 10.3 Å². The van der Waals surface area contributed by atoms with Crippen LogP contribution in [0.25, 0.3) is 10.6 Å². The highest BCUT2D eigenvalue weighted by atomic mass is 35.5. The first-order valence-corrected chi connectivity index (χ1v) is 14.2. The molecule has 2 aromatic heterocycles. The van der Waals surface area contributed by atoms with Crippen LogP contribution in [-0.4, -0.2) is 63.3 Å². The molecule has 39 heavy (non-hydrogen) atoms. The molecule has 0 aliphatic carbocycles. The summed E-state index contributed by atoms with van der Waals surface area (Å²) in [6.07, 6.45) is -1.28. The summed E-state index contributed by atoms with van der Waals surface area (Å²) in [6.45, 7) is 5.54. The van der Waals surface area contributed by atoms with Crippen LogP contribution >= 0.6 is 46.3 Å². The standard InChI is InChI=1S/C25H25Cl2N3O7S2/c1-12-5-8-21(38-12)19-10-30(29-28-19)22-23(35-14(3)32)20(11-34-13(2)31)37-25(24(22)36-15(4)33)39-16-6-7-17(26)18(27)9-16/h5-10,20,22-25H,11H2,1-4H3/t20?,22?,23-,24?,25+/m0/s1. The molecule has 0 amide bonds. The van der Waals surface area contributed by atoms with Gasteiger partial charge in [0.05, 0.1) is 21.1 Å². The maximum atomic E-state index is 12.3. The van der Waals surface area contributed by atoms with E-state index in [1.807, 2.05) is 19.1 Å². The van der Waals surface area contributed by atoms with E-state index in [4.69, 9.17) is 42.1 Å². The predicted molar refractivity (Wildman–Crippen MR) is 146 cm³/mol. The Kier molecular flexibility index (Phi) is 9.55. The molecule has 3 aromatic rings. The van der Waals surface area contributed by atoms with Gasteiger partial charge in [0.2, 0.25) is 0 Å². The zero-order valence-corrected chi connectivity index (χ0v) is 24.5. The highest BCUT2D eigenvalue weighted by Crippen LogP contribution is 2.42. The van der Waals surface area contributed by atoms with Crippen LogP contribution in [0.3, 0.4) is 0 Å². The summed E-state index contributed by atoms with van der Waals surface area (Å²) in [5.74, 6) is -1.72. The normalized spacial score (nSPS) is 22.8. The molecule has 208 valence electrons. The summed E-state index contributed by atoms with van der Waals surface area (Å²) >= 11 is 15.1. The van der Waals surface area contributed by atoms with Gasteiger partial charge in [-0.15, -0.1) is 16.4 Å². The minimum atomic E-state index is -1.04. The average molecular weight is 615 g/mol. The Morgan fingerprint density at radius 1 is 1.03 bits per heavy atom. The second-order valence-corrected chi connectivity index (χ2v) is 11.9. The minimum Gasteiger partial charge on any atom is -0.463 e. The van der Waals surface area contributed by atoms with E-state index in [1.165, 1.54) is 37.2 Å². The van der Waals surface area contributed by atoms with Crippen LogP contribution in [0.2, 0.25) is 10.0 Å². The number of carbonyl (C=O) groups excluding carboxylic acids is 3. The topological polar surface area (TPSA) is 119 Å². The summed E-state index contributed by atoms with van der Waals surface area (Å²) in [5.41, 5.74) is -0.256. The van der Waals surface area contributed by atoms with Crippen molar-refractivity contribution < 1.29 is 33.3 Å². The van der Waals surface area contributed by atoms with E-state index in [1.54, 1.807) is 35.7 Å². The number of nitrogens with zero attached hydrogens (tertiary/aromatic N) is 3. The maximum absolute atomic E-state index is 12.3. The molecule has 1 saturated heterocycles. The molecule has 14 heteroatoms. The van der Waals surface area contributed by atoms with Gasteiger partial charge in [-0.1, -0.05) is 40.2 Å². The number of rotatable bonds is 8. The highest BCUT2D eigenvalue weighted by Gasteiger charge is 2.52. The largest absolute Gasteiger partial charge is 0.463 e. The van der Waals surface area contributed by atoms with Crippen LogP contribution in [0.4, 0.5) is 0 Å². The number of benzene rings is 1. The van der Waals surface area contributed by atoms with Crippen molar-refractivity contribution in [2.75, 3.05) is 6.61 Å². The molecule has 0 N–H and O–H groups in total. The van der Waals surface area contributed by atoms with Crippen LogP contribution in [-0.2, 0) is 33.3 Å². The van der Waals surface area contributed by atoms with Gasteiger partial charge in [-0.3, -0.25) is 14.4 Å². The molecule has 0 radical (unpaired) electrons. The predicted octanol–water partition coefficient (Wildman–Crippen LogP) is 5.11. The number of esters is 3. The summed E-state index contributed by atoms with van der Waals surface area (Å²) in [4.78, 5) is 38.8. The molecule has 10 nitrogen and oxygen atoms in total. The van der Waals surface area contributed by atoms with E-state index >= 15 is 0 Å². The summed E-state index contributed by atoms with van der Waals surface area (Å²) < 4.78 is 24.5. The molecular weight excluding hydrogens is 589 g/mol. The van der Waals surface area contributed by atoms with Crippen molar-refractivity contribution in [2.45, 2.75) is 62.4 Å². The van der Waals surface area contributed by atoms with Gasteiger partial charge >= 0.3 is 17.9 Å². The number of thioether (sulfide) groups is 1. The number of aromatic nitrogens is 3. The first-order valence-electron chi connectivity index (χ1n) is 11.8. The van der Waals surface area contributed by atoms with Crippen LogP contribution in [0.15, 0.2) is 41.4 Å². The van der Waals surface area contributed by atoms with Crippen molar-refractivity contribution in [3.63, 3.8) is 0 Å². The molecule has 4 rings (SSSR count). The molecule has 1 aromatic carbocycles. The lowest BCUT2D eigenvalue weighted by Crippen LogP contribution is -2.57. The molecule has 3 heterocycles. The first kappa shape index (κ1) is 29.3. The van der Waals surface area contributed by atoms with Crippen molar-refractivity contribution in [3.8, 4) is 10.6 Å². The van der Waals surface area contributed by atoms with Gasteiger partial charge in [0.1, 0.15) is 29.9 Å². The molecular formula is C25H25Cl2N3O7S2. The Balaban J connectivity index is 1.79. The Labute approximate surface area is 242 Å². The van der Waals surface area contributed by atoms with Crippen LogP contribution in [0, 0.1) is 6.92 Å². The molecule has 1 aliphatic rings. The van der Waals surface area contributed by atoms with E-state index in [-0.39, 0.29) is 6.61 Å². The van der Waals surface area contributed by atoms with Crippen molar-refractivity contribution in [2.24, 2.45) is 0 Å². The molecule has 0 saturated carbocycles. The van der Waals surface area contributed by atoms with Crippen LogP contribution in [0.5, 0.6) is 0 Å². The van der Waals surface area contributed by atoms with Crippen molar-refractivity contribution in [1.82, 2.24) is 15.0 Å². The number of thiophene rings is 1. The molecule has 0 bridgehead atoms. The Hall–Kier alpha value is -2.64. The minimum absolute atomic E-state index is 0.222. The van der Waals surface area contributed by atoms with E-state index < -0.39 is 47.7 Å². The lowest BCUT2D eigenvalue weighted by Gasteiger charge is -2.44. The Morgan fingerprint density at radius 2 is 1.74 bits per heavy atom. The number of halogens is 2. The van der Waals surface area contributed by atoms with Crippen LogP contribution < -0.4 is 0 Å². The number of hydrogen-bond acceptors (Lipinski definition) is 11. The van der Waals surface area contributed by atoms with Gasteiger partial charge in [-0.25, -0.2) is 4.68 Å². The van der Waals surface area contributed by atoms with Gasteiger partial charge < -0.3 is 18.9 Å². The molecule has 1 fully saturated rings. The second kappa shape index (κ2) is 12.7. The summed E-state index contributed by atoms with van der Waals surface area (Å²) in [5, 5.41) is 9.34. The second-order valence-electron chi connectivity index (χ2n) is 8.67. The lowest BCUT2D eigenvalue weighted by atomic mass is 9.96. The third-order valence-electron chi connectivity index (χ3n) is 5.62.